The summed E-state index contributed by atoms with van der Waals surface area (Å²) >= 11 is 0. The Morgan fingerprint density at radius 3 is 2.56 bits per heavy atom. The largest absolute Gasteiger partial charge is 0.361 e. The minimum atomic E-state index is 0.670. The average molecular weight is 125 g/mol. The van der Waals surface area contributed by atoms with Gasteiger partial charge in [-0.25, -0.2) is 0 Å². The van der Waals surface area contributed by atoms with Gasteiger partial charge in [0.05, 0.1) is 0 Å². The molecule has 1 heterocycles. The van der Waals surface area contributed by atoms with E-state index in [9.17, 15) is 0 Å². The molecular formula is C7H11NO. The maximum Gasteiger partial charge on any atom is 0.122 e. The molecule has 0 saturated carbocycles. The highest BCUT2D eigenvalue weighted by Gasteiger charge is 1.83. The summed E-state index contributed by atoms with van der Waals surface area (Å²) in [5.74, 6) is 0. The molecule has 50 valence electrons. The molecule has 1 aromatic heterocycles. The lowest BCUT2D eigenvalue weighted by molar-refractivity contribution is 0.0881. The number of hydrogen-bond acceptors (Lipinski definition) is 1. The Labute approximate surface area is 55.1 Å². The first kappa shape index (κ1) is 6.36. The Bertz CT molecular complexity index is 146. The smallest absolute Gasteiger partial charge is 0.122 e. The van der Waals surface area contributed by atoms with E-state index in [1.807, 2.05) is 36.0 Å². The number of nitrogens with zero attached hydrogens (tertiary/aromatic N) is 1. The van der Waals surface area contributed by atoms with Crippen molar-refractivity contribution in [1.82, 2.24) is 4.57 Å². The Hall–Kier alpha value is -0.760. The molecule has 0 atom stereocenters. The van der Waals surface area contributed by atoms with Crippen molar-refractivity contribution in [2.75, 3.05) is 6.61 Å². The second-order valence-corrected chi connectivity index (χ2v) is 1.82. The lowest BCUT2D eigenvalue weighted by atomic mass is 10.7. The molecule has 9 heavy (non-hydrogen) atoms. The van der Waals surface area contributed by atoms with Crippen LogP contribution in [0.4, 0.5) is 0 Å². The SMILES string of the molecule is CCOCn1cccc1. The molecule has 0 aliphatic heterocycles. The van der Waals surface area contributed by atoms with Gasteiger partial charge in [0.25, 0.3) is 0 Å². The van der Waals surface area contributed by atoms with Gasteiger partial charge in [0, 0.05) is 19.0 Å². The number of ether oxygens (including phenoxy) is 1. The van der Waals surface area contributed by atoms with Crippen LogP contribution in [0.15, 0.2) is 24.5 Å². The Morgan fingerprint density at radius 1 is 1.33 bits per heavy atom. The molecule has 0 aliphatic rings. The predicted octanol–water partition coefficient (Wildman–Crippen LogP) is 1.48. The summed E-state index contributed by atoms with van der Waals surface area (Å²) in [7, 11) is 0. The summed E-state index contributed by atoms with van der Waals surface area (Å²) in [6, 6.07) is 3.97. The lowest BCUT2D eigenvalue weighted by Gasteiger charge is -2.00. The Morgan fingerprint density at radius 2 is 2.00 bits per heavy atom. The van der Waals surface area contributed by atoms with Crippen LogP contribution in [0.1, 0.15) is 6.92 Å². The topological polar surface area (TPSA) is 14.2 Å². The molecule has 0 aromatic carbocycles. The molecule has 0 N–H and O–H groups in total. The van der Waals surface area contributed by atoms with Crippen LogP contribution in [0.25, 0.3) is 0 Å². The molecule has 0 unspecified atom stereocenters. The number of aromatic nitrogens is 1. The van der Waals surface area contributed by atoms with Gasteiger partial charge >= 0.3 is 0 Å². The second-order valence-electron chi connectivity index (χ2n) is 1.82. The molecule has 0 bridgehead atoms. The highest BCUT2D eigenvalue weighted by Crippen LogP contribution is 1.89. The fourth-order valence-corrected chi connectivity index (χ4v) is 0.653. The van der Waals surface area contributed by atoms with Gasteiger partial charge < -0.3 is 9.30 Å². The average Bonchev–Trinajstić information content (AvgIpc) is 2.34. The summed E-state index contributed by atoms with van der Waals surface area (Å²) in [6.07, 6.45) is 3.96. The normalized spacial score (nSPS) is 9.89. The standard InChI is InChI=1S/C7H11NO/c1-2-9-7-8-5-3-4-6-8/h3-6H,2,7H2,1H3. The van der Waals surface area contributed by atoms with Crippen LogP contribution in [0.3, 0.4) is 0 Å². The van der Waals surface area contributed by atoms with Crippen LogP contribution in [0.2, 0.25) is 0 Å². The van der Waals surface area contributed by atoms with E-state index in [-0.39, 0.29) is 0 Å². The fraction of sp³-hybridized carbons (Fsp3) is 0.429. The van der Waals surface area contributed by atoms with E-state index >= 15 is 0 Å². The van der Waals surface area contributed by atoms with E-state index in [1.165, 1.54) is 0 Å². The van der Waals surface area contributed by atoms with Crippen molar-refractivity contribution in [3.05, 3.63) is 24.5 Å². The lowest BCUT2D eigenvalue weighted by Crippen LogP contribution is -1.98. The fourth-order valence-electron chi connectivity index (χ4n) is 0.653. The third-order valence-electron chi connectivity index (χ3n) is 1.11. The first-order chi connectivity index (χ1) is 4.43. The second kappa shape index (κ2) is 3.30. The molecule has 0 spiro atoms. The first-order valence-electron chi connectivity index (χ1n) is 3.12. The van der Waals surface area contributed by atoms with E-state index in [0.717, 1.165) is 6.61 Å². The molecular weight excluding hydrogens is 114 g/mol. The molecule has 2 heteroatoms. The van der Waals surface area contributed by atoms with Crippen LogP contribution < -0.4 is 0 Å². The van der Waals surface area contributed by atoms with Gasteiger partial charge in [-0.1, -0.05) is 0 Å². The number of hydrogen-bond donors (Lipinski definition) is 0. The van der Waals surface area contributed by atoms with Gasteiger partial charge in [0.1, 0.15) is 6.73 Å². The van der Waals surface area contributed by atoms with E-state index in [0.29, 0.717) is 6.73 Å². The van der Waals surface area contributed by atoms with Crippen molar-refractivity contribution in [2.24, 2.45) is 0 Å². The molecule has 0 fully saturated rings. The summed E-state index contributed by atoms with van der Waals surface area (Å²) in [6.45, 7) is 3.44. The van der Waals surface area contributed by atoms with Crippen LogP contribution in [0.5, 0.6) is 0 Å². The van der Waals surface area contributed by atoms with Gasteiger partial charge in [-0.2, -0.15) is 0 Å². The molecule has 0 radical (unpaired) electrons. The summed E-state index contributed by atoms with van der Waals surface area (Å²) in [5, 5.41) is 0. The summed E-state index contributed by atoms with van der Waals surface area (Å²) in [5.41, 5.74) is 0. The van der Waals surface area contributed by atoms with Crippen molar-refractivity contribution in [3.63, 3.8) is 0 Å². The molecule has 1 aromatic rings. The van der Waals surface area contributed by atoms with Crippen molar-refractivity contribution in [2.45, 2.75) is 13.7 Å². The van der Waals surface area contributed by atoms with Gasteiger partial charge in [-0.05, 0) is 19.1 Å². The third-order valence-corrected chi connectivity index (χ3v) is 1.11. The minimum absolute atomic E-state index is 0.670. The maximum absolute atomic E-state index is 5.14. The highest BCUT2D eigenvalue weighted by molar-refractivity contribution is 4.89. The highest BCUT2D eigenvalue weighted by atomic mass is 16.5. The van der Waals surface area contributed by atoms with Crippen molar-refractivity contribution in [3.8, 4) is 0 Å². The molecule has 0 saturated heterocycles. The predicted molar refractivity (Wildman–Crippen MR) is 36.1 cm³/mol. The van der Waals surface area contributed by atoms with Crippen LogP contribution in [0, 0.1) is 0 Å². The van der Waals surface area contributed by atoms with Gasteiger partial charge in [-0.15, -0.1) is 0 Å². The molecule has 1 rings (SSSR count). The van der Waals surface area contributed by atoms with Crippen molar-refractivity contribution < 1.29 is 4.74 Å². The molecule has 0 amide bonds. The van der Waals surface area contributed by atoms with E-state index in [1.54, 1.807) is 0 Å². The van der Waals surface area contributed by atoms with Crippen LogP contribution in [-0.2, 0) is 11.5 Å². The van der Waals surface area contributed by atoms with Crippen molar-refractivity contribution in [1.29, 1.82) is 0 Å². The first-order valence-corrected chi connectivity index (χ1v) is 3.12. The zero-order chi connectivity index (χ0) is 6.53. The van der Waals surface area contributed by atoms with Crippen molar-refractivity contribution >= 4 is 0 Å². The van der Waals surface area contributed by atoms with Gasteiger partial charge in [0.15, 0.2) is 0 Å². The van der Waals surface area contributed by atoms with E-state index in [2.05, 4.69) is 0 Å². The number of rotatable bonds is 3. The zero-order valence-corrected chi connectivity index (χ0v) is 5.58. The summed E-state index contributed by atoms with van der Waals surface area (Å²) < 4.78 is 7.13. The Kier molecular flexibility index (Phi) is 2.33. The van der Waals surface area contributed by atoms with E-state index < -0.39 is 0 Å². The zero-order valence-electron chi connectivity index (χ0n) is 5.58. The van der Waals surface area contributed by atoms with Gasteiger partial charge in [0.2, 0.25) is 0 Å². The maximum atomic E-state index is 5.14. The minimum Gasteiger partial charge on any atom is -0.361 e. The monoisotopic (exact) mass is 125 g/mol. The van der Waals surface area contributed by atoms with Crippen LogP contribution >= 0.6 is 0 Å². The van der Waals surface area contributed by atoms with Gasteiger partial charge in [-0.3, -0.25) is 0 Å². The third kappa shape index (κ3) is 1.90. The Balaban J connectivity index is 2.30. The van der Waals surface area contributed by atoms with Crippen LogP contribution in [-0.4, -0.2) is 11.2 Å². The molecule has 2 nitrogen and oxygen atoms in total. The quantitative estimate of drug-likeness (QED) is 0.596. The van der Waals surface area contributed by atoms with E-state index in [4.69, 9.17) is 4.74 Å². The molecule has 0 aliphatic carbocycles. The summed E-state index contributed by atoms with van der Waals surface area (Å²) in [4.78, 5) is 0.